The van der Waals surface area contributed by atoms with Crippen molar-refractivity contribution in [1.82, 2.24) is 15.5 Å². The van der Waals surface area contributed by atoms with Gasteiger partial charge in [-0.05, 0) is 48.5 Å². The number of nitrogens with zero attached hydrogens (tertiary/aromatic N) is 2. The Morgan fingerprint density at radius 2 is 1.94 bits per heavy atom. The van der Waals surface area contributed by atoms with Crippen LogP contribution in [0.15, 0.2) is 79.0 Å². The van der Waals surface area contributed by atoms with Gasteiger partial charge in [-0.15, -0.1) is 5.53 Å². The van der Waals surface area contributed by atoms with E-state index in [0.717, 1.165) is 16.9 Å². The maximum atomic E-state index is 14.6. The minimum absolute atomic E-state index is 0. The molecule has 0 aliphatic carbocycles. The summed E-state index contributed by atoms with van der Waals surface area (Å²) in [5.74, 6) is -0.125. The van der Waals surface area contributed by atoms with Crippen molar-refractivity contribution < 1.29 is 16.8 Å². The van der Waals surface area contributed by atoms with Crippen LogP contribution in [-0.2, 0) is 18.0 Å². The van der Waals surface area contributed by atoms with Crippen molar-refractivity contribution in [2.75, 3.05) is 16.2 Å². The fraction of sp³-hybridized carbons (Fsp3) is 0.0800. The van der Waals surface area contributed by atoms with Crippen molar-refractivity contribution in [3.8, 4) is 11.3 Å². The summed E-state index contributed by atoms with van der Waals surface area (Å²) in [6.07, 6.45) is 1.68. The van der Waals surface area contributed by atoms with Crippen LogP contribution in [0.4, 0.5) is 21.6 Å². The van der Waals surface area contributed by atoms with Crippen LogP contribution in [0, 0.1) is 5.82 Å². The smallest absolute Gasteiger partial charge is 0.255 e. The summed E-state index contributed by atoms with van der Waals surface area (Å²) in [6.45, 7) is 0.392. The number of benzene rings is 2. The minimum Gasteiger partial charge on any atom is -0.370 e. The van der Waals surface area contributed by atoms with Crippen LogP contribution < -0.4 is 21.7 Å². The zero-order chi connectivity index (χ0) is 23.3. The van der Waals surface area contributed by atoms with Crippen LogP contribution in [0.3, 0.4) is 0 Å². The first-order valence-corrected chi connectivity index (χ1v) is 10.6. The Morgan fingerprint density at radius 1 is 1.00 bits per heavy atom. The standard InChI is InChI=1S/C25H21FN6O2.2H2/c26-21-13-19(8-7-18(21)14-34-15-20-6-1-2-11-27-20)28-25(33)17-5-3-4-16(12-17)22-9-10-23-24(29-22)31-32-30-23;;/h1-13,30,32H,14-15H2,(H,28,33)(H,29,31);2*1H. The van der Waals surface area contributed by atoms with Crippen molar-refractivity contribution in [2.45, 2.75) is 13.2 Å². The van der Waals surface area contributed by atoms with E-state index >= 15 is 0 Å². The molecule has 2 aromatic carbocycles. The molecule has 0 unspecified atom stereocenters. The molecule has 1 amide bonds. The fourth-order valence-corrected chi connectivity index (χ4v) is 3.49. The van der Waals surface area contributed by atoms with Crippen LogP contribution in [0.25, 0.3) is 11.3 Å². The number of halogens is 1. The summed E-state index contributed by atoms with van der Waals surface area (Å²) in [5, 5.41) is 2.75. The molecule has 2 aromatic heterocycles. The number of rotatable bonds is 7. The van der Waals surface area contributed by atoms with E-state index in [2.05, 4.69) is 31.7 Å². The van der Waals surface area contributed by atoms with Gasteiger partial charge < -0.3 is 15.5 Å². The lowest BCUT2D eigenvalue weighted by Crippen LogP contribution is -2.19. The van der Waals surface area contributed by atoms with Gasteiger partial charge in [0.05, 0.1) is 30.3 Å². The van der Waals surface area contributed by atoms with E-state index in [4.69, 9.17) is 4.74 Å². The number of fused-ring (bicyclic) bond motifs is 1. The molecular weight excluding hydrogens is 435 g/mol. The van der Waals surface area contributed by atoms with Gasteiger partial charge in [0.2, 0.25) is 0 Å². The number of hydrogen-bond acceptors (Lipinski definition) is 7. The zero-order valence-corrected chi connectivity index (χ0v) is 18.0. The highest BCUT2D eigenvalue weighted by atomic mass is 19.1. The summed E-state index contributed by atoms with van der Waals surface area (Å²) in [5.41, 5.74) is 12.9. The number of carbonyl (C=O) groups excluding carboxylic acids is 1. The first-order valence-electron chi connectivity index (χ1n) is 10.6. The second-order valence-electron chi connectivity index (χ2n) is 7.62. The van der Waals surface area contributed by atoms with Crippen LogP contribution in [0.2, 0.25) is 0 Å². The van der Waals surface area contributed by atoms with E-state index < -0.39 is 5.82 Å². The van der Waals surface area contributed by atoms with Gasteiger partial charge >= 0.3 is 0 Å². The molecule has 0 saturated carbocycles. The Hall–Kier alpha value is -4.34. The topological polar surface area (TPSA) is 100 Å². The Bertz CT molecular complexity index is 1340. The molecule has 9 heteroatoms. The van der Waals surface area contributed by atoms with Crippen molar-refractivity contribution in [2.24, 2.45) is 0 Å². The van der Waals surface area contributed by atoms with Crippen LogP contribution in [0.1, 0.15) is 24.5 Å². The third-order valence-corrected chi connectivity index (χ3v) is 5.24. The van der Waals surface area contributed by atoms with Crippen molar-refractivity contribution in [3.63, 3.8) is 0 Å². The molecule has 0 radical (unpaired) electrons. The SMILES string of the molecule is O=C(Nc1ccc(COCc2ccccn2)c(F)c1)c1cccc(-c2ccc3c(n2)NNN3)c1.[HH].[HH]. The molecule has 0 fully saturated rings. The summed E-state index contributed by atoms with van der Waals surface area (Å²) in [4.78, 5) is 21.5. The number of pyridine rings is 2. The number of ether oxygens (including phenoxy) is 1. The maximum absolute atomic E-state index is 14.6. The summed E-state index contributed by atoms with van der Waals surface area (Å²) < 4.78 is 20.1. The lowest BCUT2D eigenvalue weighted by atomic mass is 10.1. The molecule has 5 rings (SSSR count). The van der Waals surface area contributed by atoms with E-state index in [1.165, 1.54) is 6.07 Å². The normalized spacial score (nSPS) is 11.9. The maximum Gasteiger partial charge on any atom is 0.255 e. The van der Waals surface area contributed by atoms with Crippen molar-refractivity contribution >= 4 is 23.1 Å². The van der Waals surface area contributed by atoms with Gasteiger partial charge in [-0.3, -0.25) is 15.2 Å². The average molecular weight is 461 g/mol. The lowest BCUT2D eigenvalue weighted by Gasteiger charge is -2.10. The molecule has 4 aromatic rings. The molecule has 4 N–H and O–H groups in total. The van der Waals surface area contributed by atoms with E-state index in [9.17, 15) is 9.18 Å². The second-order valence-corrected chi connectivity index (χ2v) is 7.62. The van der Waals surface area contributed by atoms with Crippen LogP contribution in [0.5, 0.6) is 0 Å². The largest absolute Gasteiger partial charge is 0.370 e. The van der Waals surface area contributed by atoms with Crippen LogP contribution in [-0.4, -0.2) is 15.9 Å². The van der Waals surface area contributed by atoms with E-state index in [1.54, 1.807) is 36.5 Å². The Morgan fingerprint density at radius 3 is 2.79 bits per heavy atom. The molecule has 1 aliphatic heterocycles. The summed E-state index contributed by atoms with van der Waals surface area (Å²) in [6, 6.07) is 20.9. The molecule has 0 bridgehead atoms. The fourth-order valence-electron chi connectivity index (χ4n) is 3.49. The zero-order valence-electron chi connectivity index (χ0n) is 18.0. The summed E-state index contributed by atoms with van der Waals surface area (Å²) in [7, 11) is 0. The van der Waals surface area contributed by atoms with E-state index in [0.29, 0.717) is 28.3 Å². The molecular formula is C25H25FN6O2. The number of aromatic nitrogens is 2. The van der Waals surface area contributed by atoms with E-state index in [-0.39, 0.29) is 22.0 Å². The highest BCUT2D eigenvalue weighted by Crippen LogP contribution is 2.27. The van der Waals surface area contributed by atoms with Gasteiger partial charge in [0.15, 0.2) is 5.82 Å². The number of hydrogen-bond donors (Lipinski definition) is 4. The average Bonchev–Trinajstić information content (AvgIpc) is 3.34. The molecule has 0 spiro atoms. The van der Waals surface area contributed by atoms with Crippen molar-refractivity contribution in [3.05, 3.63) is 102 Å². The lowest BCUT2D eigenvalue weighted by molar-refractivity contribution is 0.102. The Labute approximate surface area is 198 Å². The predicted molar refractivity (Wildman–Crippen MR) is 131 cm³/mol. The first-order chi connectivity index (χ1) is 16.7. The van der Waals surface area contributed by atoms with Gasteiger partial charge in [-0.2, -0.15) is 0 Å². The molecule has 0 atom stereocenters. The Balaban J connectivity index is 0.00000180. The van der Waals surface area contributed by atoms with Crippen molar-refractivity contribution in [1.29, 1.82) is 0 Å². The first kappa shape index (κ1) is 21.5. The third-order valence-electron chi connectivity index (χ3n) is 5.24. The number of anilines is 3. The minimum atomic E-state index is -0.454. The monoisotopic (exact) mass is 460 g/mol. The molecule has 34 heavy (non-hydrogen) atoms. The number of nitrogens with one attached hydrogen (secondary N) is 4. The molecule has 1 aliphatic rings. The molecule has 174 valence electrons. The number of amides is 1. The van der Waals surface area contributed by atoms with Crippen LogP contribution >= 0.6 is 0 Å². The highest BCUT2D eigenvalue weighted by Gasteiger charge is 2.14. The molecule has 8 nitrogen and oxygen atoms in total. The predicted octanol–water partition coefficient (Wildman–Crippen LogP) is 5.00. The number of hydrazine groups is 2. The van der Waals surface area contributed by atoms with Gasteiger partial charge in [0.25, 0.3) is 5.91 Å². The highest BCUT2D eigenvalue weighted by molar-refractivity contribution is 6.05. The van der Waals surface area contributed by atoms with E-state index in [1.807, 2.05) is 36.4 Å². The van der Waals surface area contributed by atoms with Gasteiger partial charge in [0.1, 0.15) is 5.82 Å². The summed E-state index contributed by atoms with van der Waals surface area (Å²) >= 11 is 0. The van der Waals surface area contributed by atoms with Gasteiger partial charge in [-0.25, -0.2) is 9.37 Å². The quantitative estimate of drug-likeness (QED) is 0.308. The van der Waals surface area contributed by atoms with Gasteiger partial charge in [0, 0.05) is 31.4 Å². The van der Waals surface area contributed by atoms with Gasteiger partial charge in [-0.1, -0.05) is 24.3 Å². The molecule has 3 heterocycles. The molecule has 0 saturated heterocycles. The second kappa shape index (κ2) is 9.65. The Kier molecular flexibility index (Phi) is 6.11. The third kappa shape index (κ3) is 4.85. The number of carbonyl (C=O) groups is 1.